The first kappa shape index (κ1) is 16.2. The van der Waals surface area contributed by atoms with Crippen LogP contribution in [0.3, 0.4) is 0 Å². The summed E-state index contributed by atoms with van der Waals surface area (Å²) in [6.07, 6.45) is 2.86. The van der Waals surface area contributed by atoms with Gasteiger partial charge in [0.1, 0.15) is 5.75 Å². The van der Waals surface area contributed by atoms with Crippen LogP contribution in [0.1, 0.15) is 26.2 Å². The summed E-state index contributed by atoms with van der Waals surface area (Å²) in [6.45, 7) is 2.56. The van der Waals surface area contributed by atoms with Gasteiger partial charge in [-0.1, -0.05) is 0 Å². The van der Waals surface area contributed by atoms with E-state index in [0.29, 0.717) is 18.9 Å². The minimum absolute atomic E-state index is 0.0934. The second-order valence-corrected chi connectivity index (χ2v) is 6.89. The smallest absolute Gasteiger partial charge is 0.221 e. The molecule has 1 saturated carbocycles. The molecular formula is C16H24N2O2S. The number of nitrogens with two attached hydrogens (primary N) is 1. The second kappa shape index (κ2) is 7.18. The van der Waals surface area contributed by atoms with Gasteiger partial charge in [0.05, 0.1) is 12.6 Å². The Morgan fingerprint density at radius 3 is 2.62 bits per heavy atom. The summed E-state index contributed by atoms with van der Waals surface area (Å²) in [7, 11) is 1.65. The number of benzene rings is 1. The standard InChI is InChI=1S/C16H24N2O2S/c1-16(11-17,12-3-4-12)18-15(19)9-10-21-14-7-5-13(20-2)6-8-14/h5-8,12H,3-4,9-11,17H2,1-2H3,(H,18,19). The Balaban J connectivity index is 1.73. The van der Waals surface area contributed by atoms with E-state index in [1.165, 1.54) is 12.8 Å². The Morgan fingerprint density at radius 1 is 1.43 bits per heavy atom. The fourth-order valence-corrected chi connectivity index (χ4v) is 3.21. The summed E-state index contributed by atoms with van der Waals surface area (Å²) in [5.74, 6) is 2.26. The van der Waals surface area contributed by atoms with Gasteiger partial charge in [-0.05, 0) is 49.9 Å². The number of carbonyl (C=O) groups is 1. The minimum atomic E-state index is -0.220. The molecule has 1 aromatic rings. The summed E-state index contributed by atoms with van der Waals surface area (Å²) in [5.41, 5.74) is 5.59. The minimum Gasteiger partial charge on any atom is -0.497 e. The van der Waals surface area contributed by atoms with E-state index in [1.54, 1.807) is 18.9 Å². The predicted octanol–water partition coefficient (Wildman–Crippen LogP) is 2.42. The van der Waals surface area contributed by atoms with Gasteiger partial charge in [-0.3, -0.25) is 4.79 Å². The van der Waals surface area contributed by atoms with Gasteiger partial charge in [0.2, 0.25) is 5.91 Å². The third-order valence-electron chi connectivity index (χ3n) is 3.98. The Kier molecular flexibility index (Phi) is 5.53. The molecule has 21 heavy (non-hydrogen) atoms. The number of carbonyl (C=O) groups excluding carboxylic acids is 1. The molecule has 0 spiro atoms. The first-order valence-corrected chi connectivity index (χ1v) is 8.34. The lowest BCUT2D eigenvalue weighted by atomic mass is 9.96. The highest BCUT2D eigenvalue weighted by Gasteiger charge is 2.41. The average molecular weight is 308 g/mol. The zero-order chi connectivity index (χ0) is 15.3. The van der Waals surface area contributed by atoms with Crippen LogP contribution < -0.4 is 15.8 Å². The van der Waals surface area contributed by atoms with Crippen molar-refractivity contribution in [3.63, 3.8) is 0 Å². The van der Waals surface area contributed by atoms with Crippen LogP contribution >= 0.6 is 11.8 Å². The van der Waals surface area contributed by atoms with Crippen LogP contribution in [0.4, 0.5) is 0 Å². The molecule has 3 N–H and O–H groups in total. The Bertz CT molecular complexity index is 474. The molecule has 0 heterocycles. The van der Waals surface area contributed by atoms with Crippen molar-refractivity contribution in [2.45, 2.75) is 36.6 Å². The molecule has 5 heteroatoms. The molecule has 1 amide bonds. The number of amides is 1. The predicted molar refractivity (Wildman–Crippen MR) is 86.7 cm³/mol. The maximum absolute atomic E-state index is 12.0. The highest BCUT2D eigenvalue weighted by Crippen LogP contribution is 2.39. The quantitative estimate of drug-likeness (QED) is 0.724. The van der Waals surface area contributed by atoms with Crippen LogP contribution in [0.2, 0.25) is 0 Å². The molecule has 1 unspecified atom stereocenters. The van der Waals surface area contributed by atoms with E-state index >= 15 is 0 Å². The van der Waals surface area contributed by atoms with Crippen molar-refractivity contribution in [3.8, 4) is 5.75 Å². The normalized spacial score (nSPS) is 17.1. The summed E-state index contributed by atoms with van der Waals surface area (Å²) in [4.78, 5) is 13.2. The van der Waals surface area contributed by atoms with Crippen molar-refractivity contribution in [2.24, 2.45) is 11.7 Å². The van der Waals surface area contributed by atoms with Crippen molar-refractivity contribution in [1.29, 1.82) is 0 Å². The molecular weight excluding hydrogens is 284 g/mol. The molecule has 0 aliphatic heterocycles. The zero-order valence-corrected chi connectivity index (χ0v) is 13.5. The van der Waals surface area contributed by atoms with Crippen molar-refractivity contribution < 1.29 is 9.53 Å². The number of nitrogens with one attached hydrogen (secondary N) is 1. The van der Waals surface area contributed by atoms with Crippen LogP contribution in [-0.4, -0.2) is 30.9 Å². The lowest BCUT2D eigenvalue weighted by Gasteiger charge is -2.29. The first-order valence-electron chi connectivity index (χ1n) is 7.35. The Hall–Kier alpha value is -1.20. The fourth-order valence-electron chi connectivity index (χ4n) is 2.35. The number of rotatable bonds is 8. The maximum Gasteiger partial charge on any atom is 0.221 e. The highest BCUT2D eigenvalue weighted by molar-refractivity contribution is 7.99. The largest absolute Gasteiger partial charge is 0.497 e. The van der Waals surface area contributed by atoms with Crippen molar-refractivity contribution in [3.05, 3.63) is 24.3 Å². The Morgan fingerprint density at radius 2 is 2.10 bits per heavy atom. The SMILES string of the molecule is COc1ccc(SCCC(=O)NC(C)(CN)C2CC2)cc1. The summed E-state index contributed by atoms with van der Waals surface area (Å²) in [6, 6.07) is 7.88. The van der Waals surface area contributed by atoms with Gasteiger partial charge < -0.3 is 15.8 Å². The molecule has 1 aliphatic carbocycles. The lowest BCUT2D eigenvalue weighted by Crippen LogP contribution is -2.53. The fraction of sp³-hybridized carbons (Fsp3) is 0.562. The van der Waals surface area contributed by atoms with E-state index in [9.17, 15) is 4.79 Å². The molecule has 0 bridgehead atoms. The van der Waals surface area contributed by atoms with Gasteiger partial charge in [-0.2, -0.15) is 0 Å². The molecule has 0 saturated heterocycles. The maximum atomic E-state index is 12.0. The molecule has 0 radical (unpaired) electrons. The van der Waals surface area contributed by atoms with Crippen molar-refractivity contribution >= 4 is 17.7 Å². The Labute approximate surface area is 130 Å². The highest BCUT2D eigenvalue weighted by atomic mass is 32.2. The monoisotopic (exact) mass is 308 g/mol. The van der Waals surface area contributed by atoms with Gasteiger partial charge in [0.25, 0.3) is 0 Å². The molecule has 1 fully saturated rings. The number of thioether (sulfide) groups is 1. The molecule has 4 nitrogen and oxygen atoms in total. The van der Waals surface area contributed by atoms with Crippen molar-refractivity contribution in [1.82, 2.24) is 5.32 Å². The molecule has 1 atom stereocenters. The van der Waals surface area contributed by atoms with Crippen LogP contribution in [0.15, 0.2) is 29.2 Å². The van der Waals surface area contributed by atoms with E-state index in [4.69, 9.17) is 10.5 Å². The van der Waals surface area contributed by atoms with E-state index in [2.05, 4.69) is 12.2 Å². The van der Waals surface area contributed by atoms with E-state index in [0.717, 1.165) is 16.4 Å². The van der Waals surface area contributed by atoms with Gasteiger partial charge >= 0.3 is 0 Å². The van der Waals surface area contributed by atoms with Crippen LogP contribution in [-0.2, 0) is 4.79 Å². The second-order valence-electron chi connectivity index (χ2n) is 5.72. The molecule has 0 aromatic heterocycles. The van der Waals surface area contributed by atoms with E-state index < -0.39 is 0 Å². The number of methoxy groups -OCH3 is 1. The first-order chi connectivity index (χ1) is 10.1. The summed E-state index contributed by atoms with van der Waals surface area (Å²) >= 11 is 1.68. The van der Waals surface area contributed by atoms with Gasteiger partial charge in [0.15, 0.2) is 0 Å². The zero-order valence-electron chi connectivity index (χ0n) is 12.7. The number of ether oxygens (including phenoxy) is 1. The number of hydrogen-bond donors (Lipinski definition) is 2. The summed E-state index contributed by atoms with van der Waals surface area (Å²) in [5, 5.41) is 3.11. The number of hydrogen-bond acceptors (Lipinski definition) is 4. The van der Waals surface area contributed by atoms with Crippen molar-refractivity contribution in [2.75, 3.05) is 19.4 Å². The topological polar surface area (TPSA) is 64.3 Å². The molecule has 1 aromatic carbocycles. The summed E-state index contributed by atoms with van der Waals surface area (Å²) < 4.78 is 5.12. The third kappa shape index (κ3) is 4.64. The van der Waals surface area contributed by atoms with E-state index in [1.807, 2.05) is 24.3 Å². The van der Waals surface area contributed by atoms with Gasteiger partial charge in [-0.25, -0.2) is 0 Å². The molecule has 116 valence electrons. The van der Waals surface area contributed by atoms with Crippen LogP contribution in [0.25, 0.3) is 0 Å². The lowest BCUT2D eigenvalue weighted by molar-refractivity contribution is -0.122. The van der Waals surface area contributed by atoms with Crippen LogP contribution in [0, 0.1) is 5.92 Å². The molecule has 2 rings (SSSR count). The van der Waals surface area contributed by atoms with Crippen LogP contribution in [0.5, 0.6) is 5.75 Å². The third-order valence-corrected chi connectivity index (χ3v) is 5.00. The van der Waals surface area contributed by atoms with Gasteiger partial charge in [-0.15, -0.1) is 11.8 Å². The van der Waals surface area contributed by atoms with E-state index in [-0.39, 0.29) is 11.4 Å². The van der Waals surface area contributed by atoms with Gasteiger partial charge in [0, 0.05) is 23.6 Å². The average Bonchev–Trinajstić information content (AvgIpc) is 3.33. The molecule has 1 aliphatic rings.